The summed E-state index contributed by atoms with van der Waals surface area (Å²) in [5.74, 6) is 5.15. The summed E-state index contributed by atoms with van der Waals surface area (Å²) >= 11 is 0. The van der Waals surface area contributed by atoms with Crippen molar-refractivity contribution in [2.24, 2.45) is 0 Å². The molecule has 4 heteroatoms. The molecule has 76 valence electrons. The van der Waals surface area contributed by atoms with Crippen LogP contribution in [0.3, 0.4) is 0 Å². The minimum Gasteiger partial charge on any atom is -0.447 e. The van der Waals surface area contributed by atoms with Gasteiger partial charge in [0.05, 0.1) is 6.04 Å². The van der Waals surface area contributed by atoms with Gasteiger partial charge in [0.2, 0.25) is 5.78 Å². The maximum Gasteiger partial charge on any atom is 0.407 e. The first kappa shape index (κ1) is 10.6. The van der Waals surface area contributed by atoms with E-state index in [-0.39, 0.29) is 24.9 Å². The molecule has 0 spiro atoms. The molecule has 1 fully saturated rings. The fraction of sp³-hybridized carbons (Fsp3) is 0.600. The SMILES string of the molecule is CCCC#CC(=O)CC1COC(=O)N1. The molecule has 1 heterocycles. The van der Waals surface area contributed by atoms with Crippen LogP contribution in [0.4, 0.5) is 4.79 Å². The second kappa shape index (κ2) is 5.28. The van der Waals surface area contributed by atoms with Crippen LogP contribution in [0.5, 0.6) is 0 Å². The average Bonchev–Trinajstić information content (AvgIpc) is 2.52. The van der Waals surface area contributed by atoms with Crippen LogP contribution in [0.15, 0.2) is 0 Å². The van der Waals surface area contributed by atoms with Crippen molar-refractivity contribution in [1.29, 1.82) is 0 Å². The van der Waals surface area contributed by atoms with Crippen molar-refractivity contribution in [2.45, 2.75) is 32.2 Å². The second-order valence-corrected chi connectivity index (χ2v) is 3.12. The molecule has 1 unspecified atom stereocenters. The van der Waals surface area contributed by atoms with Gasteiger partial charge >= 0.3 is 6.09 Å². The van der Waals surface area contributed by atoms with Crippen molar-refractivity contribution in [3.63, 3.8) is 0 Å². The van der Waals surface area contributed by atoms with Gasteiger partial charge in [-0.3, -0.25) is 4.79 Å². The molecule has 0 aromatic rings. The smallest absolute Gasteiger partial charge is 0.407 e. The van der Waals surface area contributed by atoms with E-state index in [1.54, 1.807) is 0 Å². The van der Waals surface area contributed by atoms with E-state index in [1.165, 1.54) is 0 Å². The van der Waals surface area contributed by atoms with Crippen LogP contribution in [0, 0.1) is 11.8 Å². The highest BCUT2D eigenvalue weighted by atomic mass is 16.6. The van der Waals surface area contributed by atoms with Gasteiger partial charge in [-0.15, -0.1) is 0 Å². The third-order valence-corrected chi connectivity index (χ3v) is 1.77. The molecular weight excluding hydrogens is 182 g/mol. The fourth-order valence-corrected chi connectivity index (χ4v) is 1.10. The van der Waals surface area contributed by atoms with E-state index < -0.39 is 6.09 Å². The molecule has 14 heavy (non-hydrogen) atoms. The Morgan fingerprint density at radius 1 is 1.71 bits per heavy atom. The number of rotatable bonds is 3. The van der Waals surface area contributed by atoms with Gasteiger partial charge in [-0.1, -0.05) is 12.8 Å². The van der Waals surface area contributed by atoms with Crippen LogP contribution in [-0.2, 0) is 9.53 Å². The molecule has 0 aromatic carbocycles. The first-order valence-electron chi connectivity index (χ1n) is 4.67. The van der Waals surface area contributed by atoms with Crippen LogP contribution in [0.1, 0.15) is 26.2 Å². The summed E-state index contributed by atoms with van der Waals surface area (Å²) < 4.78 is 4.64. The van der Waals surface area contributed by atoms with Crippen molar-refractivity contribution >= 4 is 11.9 Å². The number of carbonyl (C=O) groups excluding carboxylic acids is 2. The summed E-state index contributed by atoms with van der Waals surface area (Å²) in [7, 11) is 0. The Kier molecular flexibility index (Phi) is 3.99. The lowest BCUT2D eigenvalue weighted by molar-refractivity contribution is -0.114. The summed E-state index contributed by atoms with van der Waals surface area (Å²) in [5.41, 5.74) is 0. The molecule has 4 nitrogen and oxygen atoms in total. The van der Waals surface area contributed by atoms with Crippen molar-refractivity contribution in [1.82, 2.24) is 5.32 Å². The fourth-order valence-electron chi connectivity index (χ4n) is 1.10. The molecule has 1 aliphatic rings. The van der Waals surface area contributed by atoms with E-state index in [9.17, 15) is 9.59 Å². The zero-order chi connectivity index (χ0) is 10.4. The molecule has 1 atom stereocenters. The van der Waals surface area contributed by atoms with Crippen LogP contribution in [0.25, 0.3) is 0 Å². The first-order valence-corrected chi connectivity index (χ1v) is 4.67. The lowest BCUT2D eigenvalue weighted by Gasteiger charge is -2.00. The predicted molar refractivity (Wildman–Crippen MR) is 50.6 cm³/mol. The van der Waals surface area contributed by atoms with E-state index in [4.69, 9.17) is 0 Å². The monoisotopic (exact) mass is 195 g/mol. The molecule has 1 amide bonds. The molecule has 1 saturated heterocycles. The summed E-state index contributed by atoms with van der Waals surface area (Å²) in [6.07, 6.45) is 1.47. The maximum atomic E-state index is 11.2. The van der Waals surface area contributed by atoms with Crippen LogP contribution >= 0.6 is 0 Å². The minimum absolute atomic E-state index is 0.144. The van der Waals surface area contributed by atoms with E-state index in [2.05, 4.69) is 21.9 Å². The number of ketones is 1. The number of hydrogen-bond acceptors (Lipinski definition) is 3. The number of amides is 1. The van der Waals surface area contributed by atoms with Crippen LogP contribution in [0.2, 0.25) is 0 Å². The van der Waals surface area contributed by atoms with E-state index >= 15 is 0 Å². The Hall–Kier alpha value is -1.50. The molecule has 0 aliphatic carbocycles. The Bertz CT molecular complexity index is 287. The molecule has 0 bridgehead atoms. The van der Waals surface area contributed by atoms with E-state index in [0.29, 0.717) is 0 Å². The van der Waals surface area contributed by atoms with Crippen LogP contribution in [-0.4, -0.2) is 24.5 Å². The summed E-state index contributed by atoms with van der Waals surface area (Å²) in [6, 6.07) is -0.203. The van der Waals surface area contributed by atoms with E-state index in [0.717, 1.165) is 12.8 Å². The zero-order valence-electron chi connectivity index (χ0n) is 8.13. The molecule has 0 radical (unpaired) electrons. The molecular formula is C10H13NO3. The van der Waals surface area contributed by atoms with Gasteiger partial charge in [0.1, 0.15) is 6.61 Å². The quantitative estimate of drug-likeness (QED) is 0.536. The topological polar surface area (TPSA) is 55.4 Å². The number of alkyl carbamates (subject to hydrolysis) is 1. The van der Waals surface area contributed by atoms with Gasteiger partial charge in [0.15, 0.2) is 0 Å². The number of ether oxygens (including phenoxy) is 1. The maximum absolute atomic E-state index is 11.2. The molecule has 1 aliphatic heterocycles. The first-order chi connectivity index (χ1) is 6.72. The summed E-state index contributed by atoms with van der Waals surface area (Å²) in [5, 5.41) is 2.53. The Morgan fingerprint density at radius 2 is 2.50 bits per heavy atom. The van der Waals surface area contributed by atoms with Crippen molar-refractivity contribution in [2.75, 3.05) is 6.61 Å². The number of cyclic esters (lactones) is 1. The third kappa shape index (κ3) is 3.48. The van der Waals surface area contributed by atoms with Gasteiger partial charge in [0.25, 0.3) is 0 Å². The number of hydrogen-bond donors (Lipinski definition) is 1. The predicted octanol–water partition coefficient (Wildman–Crippen LogP) is 0.857. The molecule has 0 saturated carbocycles. The summed E-state index contributed by atoms with van der Waals surface area (Å²) in [4.78, 5) is 21.8. The van der Waals surface area contributed by atoms with Gasteiger partial charge in [0, 0.05) is 12.8 Å². The van der Waals surface area contributed by atoms with Crippen LogP contribution < -0.4 is 5.32 Å². The molecule has 1 rings (SSSR count). The number of Topliss-reactive ketones (excluding diaryl/α,β-unsaturated/α-hetero) is 1. The van der Waals surface area contributed by atoms with Gasteiger partial charge in [-0.05, 0) is 12.3 Å². The molecule has 0 aromatic heterocycles. The number of carbonyl (C=O) groups is 2. The highest BCUT2D eigenvalue weighted by molar-refractivity contribution is 5.96. The lowest BCUT2D eigenvalue weighted by atomic mass is 10.1. The van der Waals surface area contributed by atoms with Crippen molar-refractivity contribution < 1.29 is 14.3 Å². The highest BCUT2D eigenvalue weighted by Gasteiger charge is 2.23. The number of nitrogens with one attached hydrogen (secondary N) is 1. The van der Waals surface area contributed by atoms with E-state index in [1.807, 2.05) is 6.92 Å². The molecule has 1 N–H and O–H groups in total. The Balaban J connectivity index is 2.28. The minimum atomic E-state index is -0.454. The van der Waals surface area contributed by atoms with Crippen molar-refractivity contribution in [3.8, 4) is 11.8 Å². The largest absolute Gasteiger partial charge is 0.447 e. The highest BCUT2D eigenvalue weighted by Crippen LogP contribution is 2.02. The third-order valence-electron chi connectivity index (χ3n) is 1.77. The van der Waals surface area contributed by atoms with Crippen molar-refractivity contribution in [3.05, 3.63) is 0 Å². The Morgan fingerprint density at radius 3 is 3.07 bits per heavy atom. The zero-order valence-corrected chi connectivity index (χ0v) is 8.13. The standard InChI is InChI=1S/C10H13NO3/c1-2-3-4-5-9(12)6-8-7-14-10(13)11-8/h8H,2-3,6-7H2,1H3,(H,11,13). The normalized spacial score (nSPS) is 19.2. The number of unbranched alkanes of at least 4 members (excludes halogenated alkanes) is 1. The summed E-state index contributed by atoms with van der Waals surface area (Å²) in [6.45, 7) is 2.27. The average molecular weight is 195 g/mol. The second-order valence-electron chi connectivity index (χ2n) is 3.12. The van der Waals surface area contributed by atoms with Gasteiger partial charge < -0.3 is 10.1 Å². The Labute approximate surface area is 83.0 Å². The van der Waals surface area contributed by atoms with Gasteiger partial charge in [-0.2, -0.15) is 0 Å². The van der Waals surface area contributed by atoms with Gasteiger partial charge in [-0.25, -0.2) is 4.79 Å². The lowest BCUT2D eigenvalue weighted by Crippen LogP contribution is -2.28.